The lowest BCUT2D eigenvalue weighted by Gasteiger charge is -2.10. The van der Waals surface area contributed by atoms with E-state index in [1.165, 1.54) is 0 Å². The van der Waals surface area contributed by atoms with E-state index in [4.69, 9.17) is 4.74 Å². The molecule has 0 rings (SSSR count). The maximum absolute atomic E-state index is 11.7. The molecule has 3 nitrogen and oxygen atoms in total. The molecule has 90 valence electrons. The molecular formula is C11H22O3S. The van der Waals surface area contributed by atoms with Gasteiger partial charge in [-0.15, -0.1) is 0 Å². The molecule has 0 aromatic carbocycles. The van der Waals surface area contributed by atoms with Crippen LogP contribution in [0.2, 0.25) is 0 Å². The zero-order chi connectivity index (χ0) is 11.7. The van der Waals surface area contributed by atoms with Gasteiger partial charge in [-0.25, -0.2) is 0 Å². The first-order chi connectivity index (χ1) is 7.11. The molecule has 0 aliphatic heterocycles. The van der Waals surface area contributed by atoms with E-state index in [9.17, 15) is 9.00 Å². The zero-order valence-electron chi connectivity index (χ0n) is 9.95. The fraction of sp³-hybridized carbons (Fsp3) is 0.909. The molecule has 4 heteroatoms. The highest BCUT2D eigenvalue weighted by molar-refractivity contribution is 7.85. The zero-order valence-corrected chi connectivity index (χ0v) is 10.8. The summed E-state index contributed by atoms with van der Waals surface area (Å²) >= 11 is 0. The lowest BCUT2D eigenvalue weighted by molar-refractivity contribution is -0.143. The predicted octanol–water partition coefficient (Wildman–Crippen LogP) is 2.27. The highest BCUT2D eigenvalue weighted by Crippen LogP contribution is 2.06. The third kappa shape index (κ3) is 7.54. The molecule has 0 spiro atoms. The molecule has 0 bridgehead atoms. The van der Waals surface area contributed by atoms with Crippen LogP contribution in [0, 0.1) is 0 Å². The van der Waals surface area contributed by atoms with Gasteiger partial charge in [-0.2, -0.15) is 0 Å². The van der Waals surface area contributed by atoms with Crippen molar-refractivity contribution in [3.8, 4) is 0 Å². The Morgan fingerprint density at radius 3 is 2.53 bits per heavy atom. The number of esters is 1. The number of carbonyl (C=O) groups excluding carboxylic acids is 1. The summed E-state index contributed by atoms with van der Waals surface area (Å²) in [5, 5.41) is -0.0825. The van der Waals surface area contributed by atoms with E-state index in [0.717, 1.165) is 19.3 Å². The summed E-state index contributed by atoms with van der Waals surface area (Å²) in [6, 6.07) is 0. The van der Waals surface area contributed by atoms with Crippen LogP contribution >= 0.6 is 0 Å². The molecule has 0 saturated heterocycles. The van der Waals surface area contributed by atoms with Crippen LogP contribution in [-0.2, 0) is 20.3 Å². The summed E-state index contributed by atoms with van der Waals surface area (Å²) in [7, 11) is -0.891. The van der Waals surface area contributed by atoms with E-state index in [1.807, 2.05) is 6.92 Å². The lowest BCUT2D eigenvalue weighted by atomic mass is 10.3. The molecule has 0 aromatic heterocycles. The third-order valence-corrected chi connectivity index (χ3v) is 3.91. The van der Waals surface area contributed by atoms with E-state index in [-0.39, 0.29) is 17.6 Å². The topological polar surface area (TPSA) is 43.4 Å². The number of ether oxygens (including phenoxy) is 1. The number of rotatable bonds is 8. The van der Waals surface area contributed by atoms with Crippen molar-refractivity contribution in [2.45, 2.75) is 51.7 Å². The summed E-state index contributed by atoms with van der Waals surface area (Å²) in [4.78, 5) is 11.1. The standard InChI is InChI=1S/C11H22O3S/c1-4-6-7-8-15(13)10(3)9-11(12)14-5-2/h10H,4-9H2,1-3H3. The minimum atomic E-state index is -0.891. The van der Waals surface area contributed by atoms with Crippen molar-refractivity contribution >= 4 is 16.8 Å². The largest absolute Gasteiger partial charge is 0.466 e. The molecule has 0 fully saturated rings. The molecule has 0 saturated carbocycles. The highest BCUT2D eigenvalue weighted by atomic mass is 32.2. The van der Waals surface area contributed by atoms with Crippen molar-refractivity contribution in [1.82, 2.24) is 0 Å². The van der Waals surface area contributed by atoms with Crippen LogP contribution in [0.4, 0.5) is 0 Å². The molecule has 0 radical (unpaired) electrons. The SMILES string of the molecule is CCCCCS(=O)C(C)CC(=O)OCC. The van der Waals surface area contributed by atoms with Crippen LogP contribution in [0.1, 0.15) is 46.5 Å². The van der Waals surface area contributed by atoms with E-state index < -0.39 is 10.8 Å². The predicted molar refractivity (Wildman–Crippen MR) is 63.2 cm³/mol. The van der Waals surface area contributed by atoms with E-state index in [2.05, 4.69) is 6.92 Å². The van der Waals surface area contributed by atoms with Gasteiger partial charge < -0.3 is 4.74 Å². The first kappa shape index (κ1) is 14.6. The smallest absolute Gasteiger partial charge is 0.306 e. The van der Waals surface area contributed by atoms with Crippen LogP contribution in [0.25, 0.3) is 0 Å². The Hall–Kier alpha value is -0.380. The van der Waals surface area contributed by atoms with Crippen molar-refractivity contribution < 1.29 is 13.7 Å². The van der Waals surface area contributed by atoms with Gasteiger partial charge in [0, 0.05) is 21.8 Å². The van der Waals surface area contributed by atoms with Crippen molar-refractivity contribution in [2.75, 3.05) is 12.4 Å². The second kappa shape index (κ2) is 8.89. The van der Waals surface area contributed by atoms with Crippen LogP contribution in [0.15, 0.2) is 0 Å². The molecule has 0 N–H and O–H groups in total. The first-order valence-corrected chi connectivity index (χ1v) is 7.02. The average molecular weight is 234 g/mol. The summed E-state index contributed by atoms with van der Waals surface area (Å²) in [6.07, 6.45) is 3.49. The Morgan fingerprint density at radius 1 is 1.33 bits per heavy atom. The Labute approximate surface area is 95.0 Å². The Morgan fingerprint density at radius 2 is 2.00 bits per heavy atom. The second-order valence-electron chi connectivity index (χ2n) is 3.61. The quantitative estimate of drug-likeness (QED) is 0.478. The van der Waals surface area contributed by atoms with Gasteiger partial charge in [-0.1, -0.05) is 26.7 Å². The number of unbranched alkanes of at least 4 members (excludes halogenated alkanes) is 2. The van der Waals surface area contributed by atoms with Gasteiger partial charge >= 0.3 is 5.97 Å². The third-order valence-electron chi connectivity index (χ3n) is 2.16. The number of hydrogen-bond donors (Lipinski definition) is 0. The summed E-state index contributed by atoms with van der Waals surface area (Å²) in [5.41, 5.74) is 0. The highest BCUT2D eigenvalue weighted by Gasteiger charge is 2.15. The fourth-order valence-corrected chi connectivity index (χ4v) is 2.46. The van der Waals surface area contributed by atoms with Crippen molar-refractivity contribution in [3.63, 3.8) is 0 Å². The second-order valence-corrected chi connectivity index (χ2v) is 5.59. The normalized spacial score (nSPS) is 14.6. The minimum Gasteiger partial charge on any atom is -0.466 e. The first-order valence-electron chi connectivity index (χ1n) is 5.64. The van der Waals surface area contributed by atoms with Crippen LogP contribution in [-0.4, -0.2) is 27.8 Å². The summed E-state index contributed by atoms with van der Waals surface area (Å²) in [5.74, 6) is 0.461. The fourth-order valence-electron chi connectivity index (χ4n) is 1.24. The molecule has 2 unspecified atom stereocenters. The minimum absolute atomic E-state index is 0.0825. The number of hydrogen-bond acceptors (Lipinski definition) is 3. The van der Waals surface area contributed by atoms with E-state index >= 15 is 0 Å². The average Bonchev–Trinajstić information content (AvgIpc) is 2.18. The molecule has 0 aliphatic carbocycles. The van der Waals surface area contributed by atoms with Gasteiger partial charge in [0.15, 0.2) is 0 Å². The van der Waals surface area contributed by atoms with E-state index in [1.54, 1.807) is 6.92 Å². The molecule has 15 heavy (non-hydrogen) atoms. The summed E-state index contributed by atoms with van der Waals surface area (Å²) in [6.45, 7) is 6.14. The summed E-state index contributed by atoms with van der Waals surface area (Å²) < 4.78 is 16.5. The van der Waals surface area contributed by atoms with Gasteiger partial charge in [-0.3, -0.25) is 9.00 Å². The Balaban J connectivity index is 3.73. The molecular weight excluding hydrogens is 212 g/mol. The van der Waals surface area contributed by atoms with Crippen LogP contribution in [0.5, 0.6) is 0 Å². The van der Waals surface area contributed by atoms with Gasteiger partial charge in [0.05, 0.1) is 13.0 Å². The van der Waals surface area contributed by atoms with Gasteiger partial charge in [0.2, 0.25) is 0 Å². The van der Waals surface area contributed by atoms with Gasteiger partial charge in [0.25, 0.3) is 0 Å². The van der Waals surface area contributed by atoms with Crippen molar-refractivity contribution in [1.29, 1.82) is 0 Å². The van der Waals surface area contributed by atoms with Crippen molar-refractivity contribution in [3.05, 3.63) is 0 Å². The van der Waals surface area contributed by atoms with E-state index in [0.29, 0.717) is 12.4 Å². The van der Waals surface area contributed by atoms with Gasteiger partial charge in [0.1, 0.15) is 0 Å². The maximum Gasteiger partial charge on any atom is 0.306 e. The molecule has 0 heterocycles. The molecule has 0 aromatic rings. The van der Waals surface area contributed by atoms with Crippen molar-refractivity contribution in [2.24, 2.45) is 0 Å². The van der Waals surface area contributed by atoms with Crippen LogP contribution in [0.3, 0.4) is 0 Å². The number of carbonyl (C=O) groups is 1. The Kier molecular flexibility index (Phi) is 8.67. The molecule has 2 atom stereocenters. The molecule has 0 amide bonds. The molecule has 0 aliphatic rings. The van der Waals surface area contributed by atoms with Gasteiger partial charge in [-0.05, 0) is 13.3 Å². The Bertz CT molecular complexity index is 204. The maximum atomic E-state index is 11.7. The monoisotopic (exact) mass is 234 g/mol. The van der Waals surface area contributed by atoms with Crippen LogP contribution < -0.4 is 0 Å². The lowest BCUT2D eigenvalue weighted by Crippen LogP contribution is -2.19.